The fraction of sp³-hybridized carbons (Fsp3) is 0.562. The van der Waals surface area contributed by atoms with Gasteiger partial charge in [0, 0.05) is 23.8 Å². The Hall–Kier alpha value is -1.34. The van der Waals surface area contributed by atoms with Crippen molar-refractivity contribution >= 4 is 39.5 Å². The highest BCUT2D eigenvalue weighted by atomic mass is 79.9. The third-order valence-electron chi connectivity index (χ3n) is 3.10. The SMILES string of the molecule is CC(c1ccc(Br)cn1)N(CCNC(=O)OC(C)(C)C)C(=O)CCl. The molecule has 0 bridgehead atoms. The number of rotatable bonds is 6. The normalized spacial score (nSPS) is 12.4. The summed E-state index contributed by atoms with van der Waals surface area (Å²) in [5.74, 6) is -0.354. The van der Waals surface area contributed by atoms with Crippen molar-refractivity contribution in [2.45, 2.75) is 39.3 Å². The Kier molecular flexibility index (Phi) is 7.96. The number of ether oxygens (including phenoxy) is 1. The molecule has 24 heavy (non-hydrogen) atoms. The van der Waals surface area contributed by atoms with Crippen LogP contribution in [0, 0.1) is 0 Å². The number of hydrogen-bond acceptors (Lipinski definition) is 4. The molecule has 1 N–H and O–H groups in total. The van der Waals surface area contributed by atoms with Crippen molar-refractivity contribution in [2.24, 2.45) is 0 Å². The summed E-state index contributed by atoms with van der Waals surface area (Å²) in [4.78, 5) is 29.7. The lowest BCUT2D eigenvalue weighted by Gasteiger charge is -2.29. The van der Waals surface area contributed by atoms with E-state index in [1.165, 1.54) is 0 Å². The highest BCUT2D eigenvalue weighted by molar-refractivity contribution is 9.10. The minimum absolute atomic E-state index is 0.132. The molecule has 1 aromatic rings. The molecule has 0 saturated carbocycles. The van der Waals surface area contributed by atoms with E-state index < -0.39 is 11.7 Å². The standard InChI is InChI=1S/C16H23BrClN3O3/c1-11(13-6-5-12(17)10-20-13)21(14(22)9-18)8-7-19-15(23)24-16(2,3)4/h5-6,10-11H,7-9H2,1-4H3,(H,19,23). The van der Waals surface area contributed by atoms with Gasteiger partial charge in [-0.25, -0.2) is 4.79 Å². The van der Waals surface area contributed by atoms with Crippen LogP contribution in [0.15, 0.2) is 22.8 Å². The zero-order valence-electron chi connectivity index (χ0n) is 14.3. The Morgan fingerprint density at radius 1 is 1.42 bits per heavy atom. The lowest BCUT2D eigenvalue weighted by Crippen LogP contribution is -2.42. The number of carbonyl (C=O) groups excluding carboxylic acids is 2. The smallest absolute Gasteiger partial charge is 0.407 e. The second-order valence-electron chi connectivity index (χ2n) is 6.23. The topological polar surface area (TPSA) is 71.5 Å². The van der Waals surface area contributed by atoms with Crippen LogP contribution in [0.5, 0.6) is 0 Å². The van der Waals surface area contributed by atoms with Crippen molar-refractivity contribution in [3.8, 4) is 0 Å². The van der Waals surface area contributed by atoms with Crippen LogP contribution in [0.1, 0.15) is 39.4 Å². The molecule has 0 radical (unpaired) electrons. The number of amides is 2. The molecule has 6 nitrogen and oxygen atoms in total. The van der Waals surface area contributed by atoms with E-state index in [1.807, 2.05) is 19.1 Å². The van der Waals surface area contributed by atoms with Crippen LogP contribution in [-0.4, -0.2) is 46.5 Å². The van der Waals surface area contributed by atoms with Gasteiger partial charge in [-0.1, -0.05) is 0 Å². The fourth-order valence-electron chi connectivity index (χ4n) is 2.00. The van der Waals surface area contributed by atoms with Gasteiger partial charge in [-0.15, -0.1) is 11.6 Å². The van der Waals surface area contributed by atoms with E-state index in [0.717, 1.165) is 10.2 Å². The van der Waals surface area contributed by atoms with Gasteiger partial charge in [0.2, 0.25) is 5.91 Å². The number of aromatic nitrogens is 1. The van der Waals surface area contributed by atoms with E-state index in [9.17, 15) is 9.59 Å². The summed E-state index contributed by atoms with van der Waals surface area (Å²) in [7, 11) is 0. The quantitative estimate of drug-likeness (QED) is 0.715. The first-order chi connectivity index (χ1) is 11.1. The number of pyridine rings is 1. The van der Waals surface area contributed by atoms with Crippen LogP contribution in [-0.2, 0) is 9.53 Å². The average Bonchev–Trinajstić information content (AvgIpc) is 2.49. The molecule has 1 rings (SSSR count). The van der Waals surface area contributed by atoms with Crippen LogP contribution >= 0.6 is 27.5 Å². The van der Waals surface area contributed by atoms with Crippen LogP contribution in [0.2, 0.25) is 0 Å². The predicted molar refractivity (Wildman–Crippen MR) is 97.0 cm³/mol. The number of alkyl halides is 1. The average molecular weight is 421 g/mol. The Morgan fingerprint density at radius 2 is 2.08 bits per heavy atom. The van der Waals surface area contributed by atoms with Crippen molar-refractivity contribution in [1.82, 2.24) is 15.2 Å². The molecule has 134 valence electrons. The third-order valence-corrected chi connectivity index (χ3v) is 3.80. The molecule has 0 aliphatic rings. The van der Waals surface area contributed by atoms with Gasteiger partial charge in [0.25, 0.3) is 0 Å². The number of nitrogens with zero attached hydrogens (tertiary/aromatic N) is 2. The lowest BCUT2D eigenvalue weighted by atomic mass is 10.2. The highest BCUT2D eigenvalue weighted by Gasteiger charge is 2.22. The summed E-state index contributed by atoms with van der Waals surface area (Å²) in [6.45, 7) is 7.81. The maximum Gasteiger partial charge on any atom is 0.407 e. The Balaban J connectivity index is 2.67. The molecule has 2 amide bonds. The van der Waals surface area contributed by atoms with Crippen molar-refractivity contribution in [2.75, 3.05) is 19.0 Å². The molecule has 1 unspecified atom stereocenters. The van der Waals surface area contributed by atoms with Crippen LogP contribution < -0.4 is 5.32 Å². The zero-order chi connectivity index (χ0) is 18.3. The minimum atomic E-state index is -0.565. The molecular weight excluding hydrogens is 398 g/mol. The lowest BCUT2D eigenvalue weighted by molar-refractivity contribution is -0.130. The van der Waals surface area contributed by atoms with Gasteiger partial charge in [-0.05, 0) is 55.8 Å². The van der Waals surface area contributed by atoms with Crippen LogP contribution in [0.25, 0.3) is 0 Å². The first-order valence-corrected chi connectivity index (χ1v) is 8.90. The van der Waals surface area contributed by atoms with Gasteiger partial charge in [-0.2, -0.15) is 0 Å². The summed E-state index contributed by atoms with van der Waals surface area (Å²) < 4.78 is 6.03. The van der Waals surface area contributed by atoms with E-state index in [1.54, 1.807) is 31.9 Å². The van der Waals surface area contributed by atoms with Gasteiger partial charge in [0.15, 0.2) is 0 Å². The zero-order valence-corrected chi connectivity index (χ0v) is 16.6. The maximum atomic E-state index is 12.1. The molecule has 0 spiro atoms. The Labute approximate surface area is 156 Å². The first kappa shape index (κ1) is 20.7. The summed E-state index contributed by atoms with van der Waals surface area (Å²) in [5.41, 5.74) is 0.179. The number of carbonyl (C=O) groups is 2. The summed E-state index contributed by atoms with van der Waals surface area (Å²) in [6.07, 6.45) is 1.16. The maximum absolute atomic E-state index is 12.1. The predicted octanol–water partition coefficient (Wildman–Crippen LogP) is 3.50. The Morgan fingerprint density at radius 3 is 2.58 bits per heavy atom. The summed E-state index contributed by atoms with van der Waals surface area (Å²) in [6, 6.07) is 3.44. The number of hydrogen-bond donors (Lipinski definition) is 1. The third kappa shape index (κ3) is 7.05. The van der Waals surface area contributed by atoms with Crippen molar-refractivity contribution < 1.29 is 14.3 Å². The molecule has 1 aromatic heterocycles. The van der Waals surface area contributed by atoms with Gasteiger partial charge < -0.3 is 15.0 Å². The largest absolute Gasteiger partial charge is 0.444 e. The second-order valence-corrected chi connectivity index (χ2v) is 7.41. The van der Waals surface area contributed by atoms with Crippen molar-refractivity contribution in [3.05, 3.63) is 28.5 Å². The fourth-order valence-corrected chi connectivity index (χ4v) is 2.39. The van der Waals surface area contributed by atoms with Crippen molar-refractivity contribution in [3.63, 3.8) is 0 Å². The summed E-state index contributed by atoms with van der Waals surface area (Å²) in [5, 5.41) is 2.64. The molecule has 0 fully saturated rings. The molecule has 1 atom stereocenters. The number of nitrogens with one attached hydrogen (secondary N) is 1. The van der Waals surface area contributed by atoms with Gasteiger partial charge in [0.1, 0.15) is 11.5 Å². The molecule has 0 aliphatic heterocycles. The molecule has 0 saturated heterocycles. The molecule has 0 aliphatic carbocycles. The van der Waals surface area contributed by atoms with E-state index >= 15 is 0 Å². The number of alkyl carbamates (subject to hydrolysis) is 1. The minimum Gasteiger partial charge on any atom is -0.444 e. The van der Waals surface area contributed by atoms with E-state index in [4.69, 9.17) is 16.3 Å². The van der Waals surface area contributed by atoms with E-state index in [2.05, 4.69) is 26.2 Å². The molecule has 8 heteroatoms. The van der Waals surface area contributed by atoms with Crippen LogP contribution in [0.3, 0.4) is 0 Å². The van der Waals surface area contributed by atoms with Gasteiger partial charge >= 0.3 is 6.09 Å². The van der Waals surface area contributed by atoms with Crippen LogP contribution in [0.4, 0.5) is 4.79 Å². The first-order valence-electron chi connectivity index (χ1n) is 7.58. The van der Waals surface area contributed by atoms with Crippen molar-refractivity contribution in [1.29, 1.82) is 0 Å². The molecular formula is C16H23BrClN3O3. The number of halogens is 2. The monoisotopic (exact) mass is 419 g/mol. The molecule has 0 aromatic carbocycles. The van der Waals surface area contributed by atoms with Gasteiger partial charge in [-0.3, -0.25) is 9.78 Å². The Bertz CT molecular complexity index is 561. The van der Waals surface area contributed by atoms with E-state index in [-0.39, 0.29) is 24.4 Å². The van der Waals surface area contributed by atoms with Gasteiger partial charge in [0.05, 0.1) is 11.7 Å². The summed E-state index contributed by atoms with van der Waals surface area (Å²) >= 11 is 9.03. The highest BCUT2D eigenvalue weighted by Crippen LogP contribution is 2.20. The second kappa shape index (κ2) is 9.22. The molecule has 1 heterocycles. The van der Waals surface area contributed by atoms with E-state index in [0.29, 0.717) is 6.54 Å².